The van der Waals surface area contributed by atoms with Gasteiger partial charge in [0.1, 0.15) is 0 Å². The zero-order valence-electron chi connectivity index (χ0n) is 9.85. The maximum Gasteiger partial charge on any atom is 0.0766 e. The van der Waals surface area contributed by atoms with Gasteiger partial charge >= 0.3 is 0 Å². The summed E-state index contributed by atoms with van der Waals surface area (Å²) in [5.41, 5.74) is 3.84. The van der Waals surface area contributed by atoms with Crippen molar-refractivity contribution in [3.63, 3.8) is 0 Å². The van der Waals surface area contributed by atoms with Crippen LogP contribution in [0, 0.1) is 6.92 Å². The van der Waals surface area contributed by atoms with Gasteiger partial charge in [0.2, 0.25) is 0 Å². The highest BCUT2D eigenvalue weighted by Gasteiger charge is 2.15. The van der Waals surface area contributed by atoms with Gasteiger partial charge in [-0.2, -0.15) is 0 Å². The molecule has 0 aromatic heterocycles. The Morgan fingerprint density at radius 2 is 1.88 bits per heavy atom. The molecule has 1 aliphatic heterocycles. The molecule has 0 N–H and O–H groups in total. The largest absolute Gasteiger partial charge is 0.344 e. The van der Waals surface area contributed by atoms with E-state index in [-0.39, 0.29) is 6.04 Å². The lowest BCUT2D eigenvalue weighted by Crippen LogP contribution is -2.18. The highest BCUT2D eigenvalue weighted by atomic mass is 15.1. The van der Waals surface area contributed by atoms with Gasteiger partial charge in [-0.3, -0.25) is 0 Å². The molecule has 1 nitrogen and oxygen atoms in total. The van der Waals surface area contributed by atoms with E-state index in [2.05, 4.69) is 67.9 Å². The molecule has 0 bridgehead atoms. The lowest BCUT2D eigenvalue weighted by atomic mass is 10.0. The number of allylic oxidation sites excluding steroid dienone is 2. The van der Waals surface area contributed by atoms with Gasteiger partial charge < -0.3 is 4.90 Å². The van der Waals surface area contributed by atoms with Crippen LogP contribution in [-0.2, 0) is 0 Å². The lowest BCUT2D eigenvalue weighted by molar-refractivity contribution is 0.431. The van der Waals surface area contributed by atoms with Crippen LogP contribution in [0.2, 0.25) is 0 Å². The molecule has 1 heterocycles. The van der Waals surface area contributed by atoms with Crippen LogP contribution in [0.15, 0.2) is 61.0 Å². The van der Waals surface area contributed by atoms with Crippen molar-refractivity contribution >= 4 is 0 Å². The minimum atomic E-state index is 0.279. The molecule has 1 aliphatic rings. The molecule has 1 aromatic carbocycles. The molecule has 0 fully saturated rings. The van der Waals surface area contributed by atoms with E-state index in [1.807, 2.05) is 6.20 Å². The summed E-state index contributed by atoms with van der Waals surface area (Å²) in [6.45, 7) is 8.06. The third-order valence-electron chi connectivity index (χ3n) is 2.85. The van der Waals surface area contributed by atoms with Crippen LogP contribution >= 0.6 is 0 Å². The molecule has 1 unspecified atom stereocenters. The number of rotatable bonds is 2. The van der Waals surface area contributed by atoms with Gasteiger partial charge in [-0.25, -0.2) is 0 Å². The van der Waals surface area contributed by atoms with Gasteiger partial charge in [-0.15, -0.1) is 0 Å². The Morgan fingerprint density at radius 3 is 2.50 bits per heavy atom. The zero-order chi connectivity index (χ0) is 11.5. The third kappa shape index (κ3) is 2.08. The fourth-order valence-electron chi connectivity index (χ4n) is 1.91. The summed E-state index contributed by atoms with van der Waals surface area (Å²) in [4.78, 5) is 2.14. The van der Waals surface area contributed by atoms with E-state index in [4.69, 9.17) is 0 Å². The maximum atomic E-state index is 3.86. The van der Waals surface area contributed by atoms with Crippen molar-refractivity contribution in [3.05, 3.63) is 72.1 Å². The zero-order valence-corrected chi connectivity index (χ0v) is 9.85. The van der Waals surface area contributed by atoms with Gasteiger partial charge in [0.05, 0.1) is 6.04 Å². The molecule has 0 radical (unpaired) electrons. The fourth-order valence-corrected chi connectivity index (χ4v) is 1.91. The molecule has 0 saturated heterocycles. The quantitative estimate of drug-likeness (QED) is 0.715. The van der Waals surface area contributed by atoms with Crippen molar-refractivity contribution in [2.45, 2.75) is 19.9 Å². The molecule has 1 heteroatoms. The molecule has 0 amide bonds. The molecule has 1 atom stereocenters. The van der Waals surface area contributed by atoms with Crippen LogP contribution < -0.4 is 0 Å². The van der Waals surface area contributed by atoms with E-state index >= 15 is 0 Å². The monoisotopic (exact) mass is 211 g/mol. The van der Waals surface area contributed by atoms with Gasteiger partial charge in [0, 0.05) is 6.20 Å². The molecular weight excluding hydrogens is 194 g/mol. The number of hydrogen-bond donors (Lipinski definition) is 0. The van der Waals surface area contributed by atoms with E-state index in [1.54, 1.807) is 0 Å². The molecule has 16 heavy (non-hydrogen) atoms. The highest BCUT2D eigenvalue weighted by molar-refractivity contribution is 5.33. The standard InChI is InChI=1S/C15H17N/c1-4-16-11-13(3)7-10-15(16)14-8-5-12(2)6-9-14/h4-11,15H,1H2,2-3H3. The average Bonchev–Trinajstić information content (AvgIpc) is 2.30. The first-order valence-electron chi connectivity index (χ1n) is 5.54. The topological polar surface area (TPSA) is 3.24 Å². The summed E-state index contributed by atoms with van der Waals surface area (Å²) in [7, 11) is 0. The summed E-state index contributed by atoms with van der Waals surface area (Å²) >= 11 is 0. The second-order valence-corrected chi connectivity index (χ2v) is 4.22. The maximum absolute atomic E-state index is 3.86. The van der Waals surface area contributed by atoms with E-state index in [1.165, 1.54) is 16.7 Å². The first kappa shape index (κ1) is 10.7. The highest BCUT2D eigenvalue weighted by Crippen LogP contribution is 2.27. The Bertz CT molecular complexity index is 437. The van der Waals surface area contributed by atoms with Crippen molar-refractivity contribution in [1.82, 2.24) is 4.90 Å². The second-order valence-electron chi connectivity index (χ2n) is 4.22. The Hall–Kier alpha value is -1.76. The number of nitrogens with zero attached hydrogens (tertiary/aromatic N) is 1. The fraction of sp³-hybridized carbons (Fsp3) is 0.200. The summed E-state index contributed by atoms with van der Waals surface area (Å²) in [6, 6.07) is 8.93. The predicted octanol–water partition coefficient (Wildman–Crippen LogP) is 3.96. The lowest BCUT2D eigenvalue weighted by Gasteiger charge is -2.28. The Balaban J connectivity index is 2.31. The Kier molecular flexibility index (Phi) is 2.95. The SMILES string of the molecule is C=CN1C=C(C)C=CC1c1ccc(C)cc1. The normalized spacial score (nSPS) is 19.5. The molecule has 1 aromatic rings. The van der Waals surface area contributed by atoms with Gasteiger partial charge in [-0.1, -0.05) is 48.6 Å². The van der Waals surface area contributed by atoms with Crippen LogP contribution in [0.4, 0.5) is 0 Å². The predicted molar refractivity (Wildman–Crippen MR) is 68.9 cm³/mol. The molecule has 0 spiro atoms. The minimum Gasteiger partial charge on any atom is -0.344 e. The number of aryl methyl sites for hydroxylation is 1. The number of hydrogen-bond acceptors (Lipinski definition) is 1. The van der Waals surface area contributed by atoms with Crippen LogP contribution in [0.25, 0.3) is 0 Å². The summed E-state index contributed by atoms with van der Waals surface area (Å²) in [5.74, 6) is 0. The van der Waals surface area contributed by atoms with Crippen molar-refractivity contribution in [3.8, 4) is 0 Å². The molecule has 82 valence electrons. The average molecular weight is 211 g/mol. The third-order valence-corrected chi connectivity index (χ3v) is 2.85. The van der Waals surface area contributed by atoms with E-state index in [0.717, 1.165) is 0 Å². The summed E-state index contributed by atoms with van der Waals surface area (Å²) in [6.07, 6.45) is 8.36. The Labute approximate surface area is 97.4 Å². The van der Waals surface area contributed by atoms with Crippen LogP contribution in [0.1, 0.15) is 24.1 Å². The van der Waals surface area contributed by atoms with Crippen molar-refractivity contribution in [2.24, 2.45) is 0 Å². The second kappa shape index (κ2) is 4.40. The van der Waals surface area contributed by atoms with Crippen molar-refractivity contribution in [1.29, 1.82) is 0 Å². The molecule has 0 aliphatic carbocycles. The molecule has 2 rings (SSSR count). The van der Waals surface area contributed by atoms with Gasteiger partial charge in [0.25, 0.3) is 0 Å². The van der Waals surface area contributed by atoms with Crippen molar-refractivity contribution in [2.75, 3.05) is 0 Å². The van der Waals surface area contributed by atoms with E-state index < -0.39 is 0 Å². The Morgan fingerprint density at radius 1 is 1.19 bits per heavy atom. The minimum absolute atomic E-state index is 0.279. The first-order chi connectivity index (χ1) is 7.70. The van der Waals surface area contributed by atoms with Crippen LogP contribution in [-0.4, -0.2) is 4.90 Å². The number of benzene rings is 1. The van der Waals surface area contributed by atoms with E-state index in [0.29, 0.717) is 0 Å². The van der Waals surface area contributed by atoms with Crippen molar-refractivity contribution < 1.29 is 0 Å². The summed E-state index contributed by atoms with van der Waals surface area (Å²) in [5, 5.41) is 0. The van der Waals surface area contributed by atoms with E-state index in [9.17, 15) is 0 Å². The van der Waals surface area contributed by atoms with Gasteiger partial charge in [-0.05, 0) is 31.2 Å². The van der Waals surface area contributed by atoms with Crippen LogP contribution in [0.3, 0.4) is 0 Å². The first-order valence-corrected chi connectivity index (χ1v) is 5.54. The molecule has 0 saturated carbocycles. The van der Waals surface area contributed by atoms with Crippen LogP contribution in [0.5, 0.6) is 0 Å². The smallest absolute Gasteiger partial charge is 0.0766 e. The molecular formula is C15H17N. The van der Waals surface area contributed by atoms with Gasteiger partial charge in [0.15, 0.2) is 0 Å². The summed E-state index contributed by atoms with van der Waals surface area (Å²) < 4.78 is 0.